The minimum absolute atomic E-state index is 0.178. The summed E-state index contributed by atoms with van der Waals surface area (Å²) in [5.74, 6) is 0.178. The molecular weight excluding hydrogens is 224 g/mol. The lowest BCUT2D eigenvalue weighted by atomic mass is 10.1. The van der Waals surface area contributed by atoms with Crippen molar-refractivity contribution in [2.24, 2.45) is 7.05 Å². The largest absolute Gasteiger partial charge is 0.350 e. The molecule has 2 heterocycles. The first-order valence-electron chi connectivity index (χ1n) is 6.52. The van der Waals surface area contributed by atoms with Gasteiger partial charge in [0.05, 0.1) is 0 Å². The maximum atomic E-state index is 12.3. The van der Waals surface area contributed by atoms with E-state index in [4.69, 9.17) is 0 Å². The smallest absolute Gasteiger partial charge is 0.253 e. The minimum Gasteiger partial charge on any atom is -0.350 e. The molecule has 0 aliphatic carbocycles. The Morgan fingerprint density at radius 1 is 1.22 bits per heavy atom. The van der Waals surface area contributed by atoms with Gasteiger partial charge in [0, 0.05) is 42.8 Å². The van der Waals surface area contributed by atoms with Gasteiger partial charge in [-0.1, -0.05) is 0 Å². The molecule has 0 radical (unpaired) electrons. The number of nitrogens with zero attached hydrogens (tertiary/aromatic N) is 2. The molecule has 3 rings (SSSR count). The third-order valence-electron chi connectivity index (χ3n) is 3.83. The number of rotatable bonds is 1. The van der Waals surface area contributed by atoms with Gasteiger partial charge in [-0.25, -0.2) is 0 Å². The molecule has 1 aliphatic heterocycles. The molecule has 1 saturated heterocycles. The van der Waals surface area contributed by atoms with E-state index in [1.54, 1.807) is 0 Å². The summed E-state index contributed by atoms with van der Waals surface area (Å²) in [4.78, 5) is 14.3. The zero-order valence-corrected chi connectivity index (χ0v) is 10.9. The number of aromatic nitrogens is 1. The van der Waals surface area contributed by atoms with Crippen LogP contribution >= 0.6 is 0 Å². The van der Waals surface area contributed by atoms with E-state index >= 15 is 0 Å². The molecule has 0 unspecified atom stereocenters. The van der Waals surface area contributed by atoms with Crippen LogP contribution in [0.2, 0.25) is 0 Å². The highest BCUT2D eigenvalue weighted by atomic mass is 16.2. The van der Waals surface area contributed by atoms with Crippen molar-refractivity contribution in [3.8, 4) is 0 Å². The Kier molecular flexibility index (Phi) is 2.62. The number of likely N-dealkylation sites (tertiary alicyclic amines) is 1. The zero-order valence-electron chi connectivity index (χ0n) is 10.9. The van der Waals surface area contributed by atoms with Gasteiger partial charge in [0.25, 0.3) is 5.91 Å². The predicted octanol–water partition coefficient (Wildman–Crippen LogP) is 2.72. The van der Waals surface area contributed by atoms with Crippen LogP contribution in [0.15, 0.2) is 24.4 Å². The molecule has 94 valence electrons. The highest BCUT2D eigenvalue weighted by Crippen LogP contribution is 2.22. The molecule has 3 nitrogen and oxygen atoms in total. The summed E-state index contributed by atoms with van der Waals surface area (Å²) in [7, 11) is 2.04. The third-order valence-corrected chi connectivity index (χ3v) is 3.83. The monoisotopic (exact) mass is 242 g/mol. The molecule has 0 bridgehead atoms. The average molecular weight is 242 g/mol. The molecule has 1 aromatic carbocycles. The normalized spacial score (nSPS) is 15.6. The third kappa shape index (κ3) is 1.70. The average Bonchev–Trinajstić information content (AvgIpc) is 2.98. The molecule has 0 spiro atoms. The van der Waals surface area contributed by atoms with E-state index in [1.165, 1.54) is 16.5 Å². The Morgan fingerprint density at radius 2 is 1.94 bits per heavy atom. The summed E-state index contributed by atoms with van der Waals surface area (Å²) in [6.07, 6.45) is 4.38. The molecule has 18 heavy (non-hydrogen) atoms. The van der Waals surface area contributed by atoms with E-state index in [2.05, 4.69) is 17.7 Å². The summed E-state index contributed by atoms with van der Waals surface area (Å²) < 4.78 is 2.11. The van der Waals surface area contributed by atoms with Crippen molar-refractivity contribution < 1.29 is 4.79 Å². The van der Waals surface area contributed by atoms with Crippen LogP contribution in [0.3, 0.4) is 0 Å². The minimum atomic E-state index is 0.178. The molecule has 1 aromatic heterocycles. The first-order valence-corrected chi connectivity index (χ1v) is 6.52. The fourth-order valence-electron chi connectivity index (χ4n) is 2.82. The number of benzene rings is 1. The van der Waals surface area contributed by atoms with Gasteiger partial charge in [0.2, 0.25) is 0 Å². The molecular formula is C15H18N2O. The summed E-state index contributed by atoms with van der Waals surface area (Å²) >= 11 is 0. The summed E-state index contributed by atoms with van der Waals surface area (Å²) in [6, 6.07) is 6.03. The predicted molar refractivity (Wildman–Crippen MR) is 72.8 cm³/mol. The molecule has 0 saturated carbocycles. The highest BCUT2D eigenvalue weighted by Gasteiger charge is 2.19. The van der Waals surface area contributed by atoms with Gasteiger partial charge in [-0.05, 0) is 43.5 Å². The van der Waals surface area contributed by atoms with E-state index in [1.807, 2.05) is 30.1 Å². The van der Waals surface area contributed by atoms with Crippen LogP contribution in [0.1, 0.15) is 28.8 Å². The quantitative estimate of drug-likeness (QED) is 0.755. The van der Waals surface area contributed by atoms with Crippen LogP contribution in [0.4, 0.5) is 0 Å². The maximum absolute atomic E-state index is 12.3. The lowest BCUT2D eigenvalue weighted by Crippen LogP contribution is -2.27. The van der Waals surface area contributed by atoms with Gasteiger partial charge < -0.3 is 9.47 Å². The Morgan fingerprint density at radius 3 is 2.67 bits per heavy atom. The molecule has 0 atom stereocenters. The van der Waals surface area contributed by atoms with E-state index in [0.29, 0.717) is 0 Å². The SMILES string of the molecule is Cc1cn(C)c2ccc(C(=O)N3CCCC3)cc12. The summed E-state index contributed by atoms with van der Waals surface area (Å²) in [5, 5.41) is 1.18. The second-order valence-electron chi connectivity index (χ2n) is 5.15. The van der Waals surface area contributed by atoms with E-state index in [9.17, 15) is 4.79 Å². The summed E-state index contributed by atoms with van der Waals surface area (Å²) in [5.41, 5.74) is 3.23. The van der Waals surface area contributed by atoms with Gasteiger partial charge in [-0.2, -0.15) is 0 Å². The van der Waals surface area contributed by atoms with Crippen molar-refractivity contribution in [2.45, 2.75) is 19.8 Å². The van der Waals surface area contributed by atoms with Gasteiger partial charge in [0.15, 0.2) is 0 Å². The number of hydrogen-bond donors (Lipinski definition) is 0. The fraction of sp³-hybridized carbons (Fsp3) is 0.400. The second-order valence-corrected chi connectivity index (χ2v) is 5.15. The van der Waals surface area contributed by atoms with Crippen molar-refractivity contribution in [3.63, 3.8) is 0 Å². The number of amides is 1. The van der Waals surface area contributed by atoms with E-state index in [0.717, 1.165) is 31.5 Å². The molecule has 2 aromatic rings. The first-order chi connectivity index (χ1) is 8.66. The van der Waals surface area contributed by atoms with Gasteiger partial charge in [-0.15, -0.1) is 0 Å². The Bertz CT molecular complexity index is 606. The van der Waals surface area contributed by atoms with Crippen molar-refractivity contribution in [1.82, 2.24) is 9.47 Å². The molecule has 1 amide bonds. The molecule has 1 aliphatic rings. The number of carbonyl (C=O) groups is 1. The van der Waals surface area contributed by atoms with Crippen LogP contribution in [0.5, 0.6) is 0 Å². The van der Waals surface area contributed by atoms with Crippen LogP contribution in [-0.4, -0.2) is 28.5 Å². The Labute approximate surface area is 107 Å². The number of hydrogen-bond acceptors (Lipinski definition) is 1. The summed E-state index contributed by atoms with van der Waals surface area (Å²) in [6.45, 7) is 3.90. The van der Waals surface area contributed by atoms with Gasteiger partial charge in [-0.3, -0.25) is 4.79 Å². The fourth-order valence-corrected chi connectivity index (χ4v) is 2.82. The van der Waals surface area contributed by atoms with Crippen LogP contribution in [-0.2, 0) is 7.05 Å². The Balaban J connectivity index is 2.02. The lowest BCUT2D eigenvalue weighted by molar-refractivity contribution is 0.0793. The van der Waals surface area contributed by atoms with Crippen LogP contribution in [0.25, 0.3) is 10.9 Å². The number of carbonyl (C=O) groups excluding carboxylic acids is 1. The number of fused-ring (bicyclic) bond motifs is 1. The number of aryl methyl sites for hydroxylation is 2. The van der Waals surface area contributed by atoms with Crippen molar-refractivity contribution in [1.29, 1.82) is 0 Å². The Hall–Kier alpha value is -1.77. The zero-order chi connectivity index (χ0) is 12.7. The topological polar surface area (TPSA) is 25.2 Å². The standard InChI is InChI=1S/C15H18N2O/c1-11-10-16(2)14-6-5-12(9-13(11)14)15(18)17-7-3-4-8-17/h5-6,9-10H,3-4,7-8H2,1-2H3. The van der Waals surface area contributed by atoms with Gasteiger partial charge in [0.1, 0.15) is 0 Å². The molecule has 3 heteroatoms. The highest BCUT2D eigenvalue weighted by molar-refractivity contribution is 5.99. The lowest BCUT2D eigenvalue weighted by Gasteiger charge is -2.15. The molecule has 0 N–H and O–H groups in total. The van der Waals surface area contributed by atoms with Crippen LogP contribution in [0, 0.1) is 6.92 Å². The van der Waals surface area contributed by atoms with Crippen LogP contribution < -0.4 is 0 Å². The van der Waals surface area contributed by atoms with Crippen molar-refractivity contribution in [3.05, 3.63) is 35.5 Å². The van der Waals surface area contributed by atoms with Crippen molar-refractivity contribution >= 4 is 16.8 Å². The second kappa shape index (κ2) is 4.16. The van der Waals surface area contributed by atoms with Gasteiger partial charge >= 0.3 is 0 Å². The first kappa shape index (κ1) is 11.3. The van der Waals surface area contributed by atoms with Crippen molar-refractivity contribution in [2.75, 3.05) is 13.1 Å². The maximum Gasteiger partial charge on any atom is 0.253 e. The molecule has 1 fully saturated rings. The van der Waals surface area contributed by atoms with E-state index < -0.39 is 0 Å². The van der Waals surface area contributed by atoms with E-state index in [-0.39, 0.29) is 5.91 Å².